The largest absolute Gasteiger partial charge is 0.503 e. The number of ketones is 1. The van der Waals surface area contributed by atoms with Crippen molar-refractivity contribution in [1.29, 1.82) is 0 Å². The second kappa shape index (κ2) is 7.67. The Bertz CT molecular complexity index is 1200. The van der Waals surface area contributed by atoms with Crippen LogP contribution in [0.4, 0.5) is 5.95 Å². The topological polar surface area (TPSA) is 118 Å². The van der Waals surface area contributed by atoms with Gasteiger partial charge in [-0.05, 0) is 11.6 Å². The van der Waals surface area contributed by atoms with E-state index < -0.39 is 23.1 Å². The van der Waals surface area contributed by atoms with Crippen molar-refractivity contribution in [1.82, 2.24) is 15.0 Å². The molecule has 1 aliphatic heterocycles. The first kappa shape index (κ1) is 21.4. The molecule has 0 bridgehead atoms. The number of carbonyl (C=O) groups excluding carboxylic acids is 2. The molecule has 3 aromatic rings. The molecule has 2 N–H and O–H groups in total. The number of imidazole rings is 1. The third-order valence-corrected chi connectivity index (χ3v) is 5.34. The van der Waals surface area contributed by atoms with E-state index in [1.165, 1.54) is 19.1 Å². The lowest BCUT2D eigenvalue weighted by Gasteiger charge is -2.26. The molecule has 1 aliphatic rings. The van der Waals surface area contributed by atoms with Crippen LogP contribution in [0.25, 0.3) is 11.0 Å². The number of hydrogen-bond donors (Lipinski definition) is 2. The number of fused-ring (bicyclic) bond motifs is 1. The Morgan fingerprint density at radius 2 is 1.88 bits per heavy atom. The van der Waals surface area contributed by atoms with Crippen LogP contribution in [-0.4, -0.2) is 46.0 Å². The van der Waals surface area contributed by atoms with Gasteiger partial charge in [-0.1, -0.05) is 26.8 Å². The number of pyridine rings is 1. The lowest BCUT2D eigenvalue weighted by molar-refractivity contribution is -0.123. The Hall–Kier alpha value is -3.88. The van der Waals surface area contributed by atoms with Crippen LogP contribution >= 0.6 is 0 Å². The number of rotatable bonds is 5. The lowest BCUT2D eigenvalue weighted by Crippen LogP contribution is -2.33. The van der Waals surface area contributed by atoms with Crippen molar-refractivity contribution in [2.45, 2.75) is 26.8 Å². The number of ether oxygens (including phenoxy) is 2. The number of aliphatic hydroxyl groups is 1. The standard InChI is InChI=1S/C23H24N4O5/c1-23(2,3)20(29)17-18(12-7-6-8-24-11-12)27(21(30)19(17)28)22-25-13-9-15(31-4)16(32-5)10-14(13)26-22/h6-11,18,28H,1-5H3,(H,25,26). The maximum Gasteiger partial charge on any atom is 0.296 e. The molecule has 0 radical (unpaired) electrons. The number of Topliss-reactive ketones (excluding diaryl/α,β-unsaturated/α-hetero) is 1. The molecule has 9 nitrogen and oxygen atoms in total. The number of benzene rings is 1. The zero-order valence-electron chi connectivity index (χ0n) is 18.5. The minimum Gasteiger partial charge on any atom is -0.503 e. The molecule has 3 heterocycles. The third-order valence-electron chi connectivity index (χ3n) is 5.34. The van der Waals surface area contributed by atoms with Crippen LogP contribution in [0.1, 0.15) is 32.4 Å². The maximum absolute atomic E-state index is 13.2. The zero-order valence-corrected chi connectivity index (χ0v) is 18.5. The van der Waals surface area contributed by atoms with Gasteiger partial charge < -0.3 is 19.6 Å². The van der Waals surface area contributed by atoms with E-state index in [-0.39, 0.29) is 17.3 Å². The lowest BCUT2D eigenvalue weighted by atomic mass is 9.82. The predicted octanol–water partition coefficient (Wildman–Crippen LogP) is 3.49. The minimum atomic E-state index is -0.882. The molecule has 0 fully saturated rings. The van der Waals surface area contributed by atoms with Gasteiger partial charge in [0.05, 0.1) is 36.9 Å². The van der Waals surface area contributed by atoms with Crippen molar-refractivity contribution in [3.05, 3.63) is 53.6 Å². The highest BCUT2D eigenvalue weighted by atomic mass is 16.5. The molecule has 166 valence electrons. The Morgan fingerprint density at radius 1 is 1.19 bits per heavy atom. The predicted molar refractivity (Wildman–Crippen MR) is 118 cm³/mol. The van der Waals surface area contributed by atoms with Crippen LogP contribution in [-0.2, 0) is 9.59 Å². The summed E-state index contributed by atoms with van der Waals surface area (Å²) in [5.41, 5.74) is 0.921. The fourth-order valence-corrected chi connectivity index (χ4v) is 3.75. The van der Waals surface area contributed by atoms with Crippen LogP contribution in [0, 0.1) is 5.41 Å². The molecule has 32 heavy (non-hydrogen) atoms. The SMILES string of the molecule is COc1cc2nc(N3C(=O)C(O)=C(C(=O)C(C)(C)C)C3c3cccnc3)[nH]c2cc1OC. The van der Waals surface area contributed by atoms with Gasteiger partial charge in [-0.2, -0.15) is 0 Å². The Balaban J connectivity index is 1.89. The second-order valence-corrected chi connectivity index (χ2v) is 8.49. The molecule has 0 spiro atoms. The molecule has 4 rings (SSSR count). The summed E-state index contributed by atoms with van der Waals surface area (Å²) in [5.74, 6) is -0.481. The second-order valence-electron chi connectivity index (χ2n) is 8.49. The first-order chi connectivity index (χ1) is 15.2. The highest BCUT2D eigenvalue weighted by Crippen LogP contribution is 2.43. The van der Waals surface area contributed by atoms with Gasteiger partial charge in [0, 0.05) is 29.9 Å². The Morgan fingerprint density at radius 3 is 2.47 bits per heavy atom. The van der Waals surface area contributed by atoms with Gasteiger partial charge >= 0.3 is 0 Å². The number of methoxy groups -OCH3 is 2. The van der Waals surface area contributed by atoms with Crippen molar-refractivity contribution in [3.8, 4) is 11.5 Å². The van der Waals surface area contributed by atoms with Gasteiger partial charge in [0.25, 0.3) is 5.91 Å². The van der Waals surface area contributed by atoms with Crippen LogP contribution in [0.5, 0.6) is 11.5 Å². The van der Waals surface area contributed by atoms with Crippen molar-refractivity contribution < 1.29 is 24.2 Å². The molecule has 1 atom stereocenters. The summed E-state index contributed by atoms with van der Waals surface area (Å²) in [7, 11) is 3.04. The smallest absolute Gasteiger partial charge is 0.296 e. The van der Waals surface area contributed by atoms with Gasteiger partial charge in [0.15, 0.2) is 23.0 Å². The van der Waals surface area contributed by atoms with Crippen LogP contribution in [0.3, 0.4) is 0 Å². The minimum absolute atomic E-state index is 0.0196. The van der Waals surface area contributed by atoms with Crippen molar-refractivity contribution in [3.63, 3.8) is 0 Å². The highest BCUT2D eigenvalue weighted by molar-refractivity contribution is 6.17. The summed E-state index contributed by atoms with van der Waals surface area (Å²) in [6.07, 6.45) is 3.16. The van der Waals surface area contributed by atoms with Gasteiger partial charge in [0.1, 0.15) is 0 Å². The van der Waals surface area contributed by atoms with E-state index in [0.29, 0.717) is 28.1 Å². The number of hydrogen-bond acceptors (Lipinski definition) is 7. The highest BCUT2D eigenvalue weighted by Gasteiger charge is 2.47. The molecule has 0 saturated heterocycles. The first-order valence-electron chi connectivity index (χ1n) is 10.0. The van der Waals surface area contributed by atoms with E-state index in [1.807, 2.05) is 0 Å². The molecule has 0 saturated carbocycles. The quantitative estimate of drug-likeness (QED) is 0.629. The monoisotopic (exact) mass is 436 g/mol. The molecule has 2 aromatic heterocycles. The average molecular weight is 436 g/mol. The Kier molecular flexibility index (Phi) is 5.12. The van der Waals surface area contributed by atoms with E-state index in [0.717, 1.165) is 0 Å². The molecule has 9 heteroatoms. The van der Waals surface area contributed by atoms with Crippen molar-refractivity contribution in [2.75, 3.05) is 19.1 Å². The summed E-state index contributed by atoms with van der Waals surface area (Å²) in [6, 6.07) is 5.97. The molecule has 0 aliphatic carbocycles. The summed E-state index contributed by atoms with van der Waals surface area (Å²) in [6.45, 7) is 5.22. The fourth-order valence-electron chi connectivity index (χ4n) is 3.75. The number of amides is 1. The number of aromatic nitrogens is 3. The number of H-pyrrole nitrogens is 1. The van der Waals surface area contributed by atoms with Gasteiger partial charge in [-0.3, -0.25) is 19.5 Å². The van der Waals surface area contributed by atoms with Gasteiger partial charge in [0.2, 0.25) is 5.95 Å². The third kappa shape index (κ3) is 3.35. The summed E-state index contributed by atoms with van der Waals surface area (Å²) in [4.78, 5) is 39.5. The number of aromatic amines is 1. The molecule has 1 aromatic carbocycles. The zero-order chi connectivity index (χ0) is 23.2. The number of carbonyl (C=O) groups is 2. The number of aliphatic hydroxyl groups excluding tert-OH is 1. The van der Waals surface area contributed by atoms with Crippen LogP contribution in [0.2, 0.25) is 0 Å². The Labute approximate surface area is 184 Å². The summed E-state index contributed by atoms with van der Waals surface area (Å²) < 4.78 is 10.7. The normalized spacial score (nSPS) is 16.7. The first-order valence-corrected chi connectivity index (χ1v) is 10.0. The van der Waals surface area contributed by atoms with E-state index in [1.54, 1.807) is 57.4 Å². The van der Waals surface area contributed by atoms with Gasteiger partial charge in [-0.25, -0.2) is 4.98 Å². The number of nitrogens with one attached hydrogen (secondary N) is 1. The van der Waals surface area contributed by atoms with E-state index >= 15 is 0 Å². The van der Waals surface area contributed by atoms with Crippen LogP contribution in [0.15, 0.2) is 48.0 Å². The van der Waals surface area contributed by atoms with E-state index in [9.17, 15) is 14.7 Å². The van der Waals surface area contributed by atoms with E-state index in [4.69, 9.17) is 9.47 Å². The summed E-state index contributed by atoms with van der Waals surface area (Å²) >= 11 is 0. The van der Waals surface area contributed by atoms with Crippen LogP contribution < -0.4 is 14.4 Å². The number of anilines is 1. The molecular weight excluding hydrogens is 412 g/mol. The number of nitrogens with zero attached hydrogens (tertiary/aromatic N) is 3. The van der Waals surface area contributed by atoms with Crippen molar-refractivity contribution >= 4 is 28.7 Å². The molecular formula is C23H24N4O5. The fraction of sp³-hybridized carbons (Fsp3) is 0.304. The van der Waals surface area contributed by atoms with E-state index in [2.05, 4.69) is 15.0 Å². The molecule has 1 unspecified atom stereocenters. The molecule has 1 amide bonds. The summed E-state index contributed by atoms with van der Waals surface area (Å²) in [5, 5.41) is 10.8. The average Bonchev–Trinajstić information content (AvgIpc) is 3.29. The maximum atomic E-state index is 13.2. The van der Waals surface area contributed by atoms with Gasteiger partial charge in [-0.15, -0.1) is 0 Å². The van der Waals surface area contributed by atoms with Crippen molar-refractivity contribution in [2.24, 2.45) is 5.41 Å².